The Morgan fingerprint density at radius 3 is 2.27 bits per heavy atom. The Bertz CT molecular complexity index is 204. The molecule has 0 unspecified atom stereocenters. The fourth-order valence-corrected chi connectivity index (χ4v) is 2.29. The van der Waals surface area contributed by atoms with Crippen LogP contribution in [0.1, 0.15) is 32.1 Å². The molecule has 0 aromatic carbocycles. The first-order valence-corrected chi connectivity index (χ1v) is 5.80. The highest BCUT2D eigenvalue weighted by Crippen LogP contribution is 2.27. The molecule has 0 spiro atoms. The predicted octanol–water partition coefficient (Wildman–Crippen LogP) is 0.855. The molecule has 0 atom stereocenters. The second kappa shape index (κ2) is 3.54. The SMILES string of the molecule is NS(=O)(=O)CCC1CCCC1. The van der Waals surface area contributed by atoms with Crippen molar-refractivity contribution >= 4 is 10.0 Å². The molecule has 0 aromatic rings. The number of sulfonamides is 1. The molecular weight excluding hydrogens is 162 g/mol. The van der Waals surface area contributed by atoms with E-state index >= 15 is 0 Å². The van der Waals surface area contributed by atoms with E-state index in [-0.39, 0.29) is 5.75 Å². The zero-order chi connectivity index (χ0) is 8.32. The van der Waals surface area contributed by atoms with Gasteiger partial charge in [0.05, 0.1) is 5.75 Å². The van der Waals surface area contributed by atoms with Crippen molar-refractivity contribution in [1.29, 1.82) is 0 Å². The smallest absolute Gasteiger partial charge is 0.209 e. The second-order valence-corrected chi connectivity index (χ2v) is 5.04. The standard InChI is InChI=1S/C7H15NO2S/c8-11(9,10)6-5-7-3-1-2-4-7/h7H,1-6H2,(H2,8,9,10). The summed E-state index contributed by atoms with van der Waals surface area (Å²) >= 11 is 0. The van der Waals surface area contributed by atoms with Gasteiger partial charge in [-0.15, -0.1) is 0 Å². The normalized spacial score (nSPS) is 20.8. The van der Waals surface area contributed by atoms with E-state index in [1.165, 1.54) is 25.7 Å². The first-order chi connectivity index (χ1) is 5.08. The number of nitrogens with two attached hydrogens (primary N) is 1. The monoisotopic (exact) mass is 177 g/mol. The van der Waals surface area contributed by atoms with E-state index in [2.05, 4.69) is 0 Å². The molecule has 1 aliphatic rings. The van der Waals surface area contributed by atoms with E-state index in [0.29, 0.717) is 5.92 Å². The van der Waals surface area contributed by atoms with Gasteiger partial charge in [-0.1, -0.05) is 25.7 Å². The lowest BCUT2D eigenvalue weighted by atomic mass is 10.1. The third-order valence-corrected chi connectivity index (χ3v) is 3.09. The van der Waals surface area contributed by atoms with Gasteiger partial charge in [-0.25, -0.2) is 13.6 Å². The minimum absolute atomic E-state index is 0.164. The summed E-state index contributed by atoms with van der Waals surface area (Å²) in [5, 5.41) is 4.89. The van der Waals surface area contributed by atoms with Crippen LogP contribution in [-0.2, 0) is 10.0 Å². The van der Waals surface area contributed by atoms with Gasteiger partial charge in [-0.05, 0) is 12.3 Å². The van der Waals surface area contributed by atoms with Crippen molar-refractivity contribution in [2.75, 3.05) is 5.75 Å². The Hall–Kier alpha value is -0.0900. The summed E-state index contributed by atoms with van der Waals surface area (Å²) in [5.41, 5.74) is 0. The van der Waals surface area contributed by atoms with Crippen LogP contribution in [0, 0.1) is 5.92 Å². The molecule has 66 valence electrons. The van der Waals surface area contributed by atoms with Gasteiger partial charge in [0.25, 0.3) is 0 Å². The zero-order valence-electron chi connectivity index (χ0n) is 6.62. The van der Waals surface area contributed by atoms with Crippen LogP contribution in [0.4, 0.5) is 0 Å². The van der Waals surface area contributed by atoms with Crippen molar-refractivity contribution in [3.05, 3.63) is 0 Å². The summed E-state index contributed by atoms with van der Waals surface area (Å²) in [6, 6.07) is 0. The lowest BCUT2D eigenvalue weighted by molar-refractivity contribution is 0.521. The van der Waals surface area contributed by atoms with Gasteiger partial charge in [0.15, 0.2) is 0 Å². The van der Waals surface area contributed by atoms with Crippen LogP contribution in [0.25, 0.3) is 0 Å². The van der Waals surface area contributed by atoms with Crippen LogP contribution in [0.2, 0.25) is 0 Å². The molecule has 1 aliphatic carbocycles. The van der Waals surface area contributed by atoms with Crippen molar-refractivity contribution < 1.29 is 8.42 Å². The minimum atomic E-state index is -3.21. The summed E-state index contributed by atoms with van der Waals surface area (Å²) in [5.74, 6) is 0.783. The summed E-state index contributed by atoms with van der Waals surface area (Å²) in [4.78, 5) is 0. The topological polar surface area (TPSA) is 60.2 Å². The molecule has 0 radical (unpaired) electrons. The largest absolute Gasteiger partial charge is 0.229 e. The lowest BCUT2D eigenvalue weighted by Crippen LogP contribution is -2.18. The maximum absolute atomic E-state index is 10.6. The van der Waals surface area contributed by atoms with Crippen LogP contribution in [0.5, 0.6) is 0 Å². The minimum Gasteiger partial charge on any atom is -0.229 e. The molecule has 0 bridgehead atoms. The first kappa shape index (κ1) is 9.00. The Kier molecular flexibility index (Phi) is 2.90. The average Bonchev–Trinajstić information content (AvgIpc) is 2.32. The van der Waals surface area contributed by atoms with Crippen LogP contribution >= 0.6 is 0 Å². The van der Waals surface area contributed by atoms with Gasteiger partial charge in [0.1, 0.15) is 0 Å². The maximum Gasteiger partial charge on any atom is 0.209 e. The van der Waals surface area contributed by atoms with E-state index in [1.807, 2.05) is 0 Å². The summed E-state index contributed by atoms with van der Waals surface area (Å²) in [6.45, 7) is 0. The van der Waals surface area contributed by atoms with Gasteiger partial charge in [-0.3, -0.25) is 0 Å². The molecule has 2 N–H and O–H groups in total. The van der Waals surface area contributed by atoms with E-state index < -0.39 is 10.0 Å². The summed E-state index contributed by atoms with van der Waals surface area (Å²) in [6.07, 6.45) is 5.66. The highest BCUT2D eigenvalue weighted by atomic mass is 32.2. The predicted molar refractivity (Wildman–Crippen MR) is 44.5 cm³/mol. The highest BCUT2D eigenvalue weighted by Gasteiger charge is 2.16. The molecular formula is C7H15NO2S. The fourth-order valence-electron chi connectivity index (χ4n) is 1.63. The molecule has 4 heteroatoms. The van der Waals surface area contributed by atoms with Crippen molar-refractivity contribution in [3.8, 4) is 0 Å². The van der Waals surface area contributed by atoms with Crippen molar-refractivity contribution in [3.63, 3.8) is 0 Å². The Morgan fingerprint density at radius 1 is 1.27 bits per heavy atom. The fraction of sp³-hybridized carbons (Fsp3) is 1.00. The molecule has 3 nitrogen and oxygen atoms in total. The quantitative estimate of drug-likeness (QED) is 0.695. The van der Waals surface area contributed by atoms with E-state index in [1.54, 1.807) is 0 Å². The first-order valence-electron chi connectivity index (χ1n) is 4.08. The molecule has 11 heavy (non-hydrogen) atoms. The number of hydrogen-bond donors (Lipinski definition) is 1. The molecule has 1 rings (SSSR count). The zero-order valence-corrected chi connectivity index (χ0v) is 7.44. The Morgan fingerprint density at radius 2 is 1.82 bits per heavy atom. The lowest BCUT2D eigenvalue weighted by Gasteiger charge is -2.05. The third kappa shape index (κ3) is 3.72. The highest BCUT2D eigenvalue weighted by molar-refractivity contribution is 7.89. The summed E-state index contributed by atoms with van der Waals surface area (Å²) < 4.78 is 21.1. The molecule has 0 aliphatic heterocycles. The van der Waals surface area contributed by atoms with E-state index in [9.17, 15) is 8.42 Å². The maximum atomic E-state index is 10.6. The average molecular weight is 177 g/mol. The van der Waals surface area contributed by atoms with Crippen molar-refractivity contribution in [2.45, 2.75) is 32.1 Å². The molecule has 0 saturated heterocycles. The van der Waals surface area contributed by atoms with Gasteiger partial charge >= 0.3 is 0 Å². The van der Waals surface area contributed by atoms with Gasteiger partial charge in [0, 0.05) is 0 Å². The van der Waals surface area contributed by atoms with Crippen LogP contribution in [0.3, 0.4) is 0 Å². The molecule has 0 heterocycles. The van der Waals surface area contributed by atoms with Gasteiger partial charge in [-0.2, -0.15) is 0 Å². The van der Waals surface area contributed by atoms with Crippen LogP contribution < -0.4 is 5.14 Å². The number of hydrogen-bond acceptors (Lipinski definition) is 2. The van der Waals surface area contributed by atoms with Crippen LogP contribution in [-0.4, -0.2) is 14.2 Å². The Balaban J connectivity index is 2.22. The van der Waals surface area contributed by atoms with E-state index in [0.717, 1.165) is 6.42 Å². The van der Waals surface area contributed by atoms with Crippen molar-refractivity contribution in [1.82, 2.24) is 0 Å². The van der Waals surface area contributed by atoms with Crippen molar-refractivity contribution in [2.24, 2.45) is 11.1 Å². The van der Waals surface area contributed by atoms with Crippen LogP contribution in [0.15, 0.2) is 0 Å². The third-order valence-electron chi connectivity index (χ3n) is 2.29. The molecule has 1 saturated carbocycles. The summed E-state index contributed by atoms with van der Waals surface area (Å²) in [7, 11) is -3.21. The number of primary sulfonamides is 1. The Labute approximate surface area is 68.0 Å². The molecule has 0 aromatic heterocycles. The number of rotatable bonds is 3. The second-order valence-electron chi connectivity index (χ2n) is 3.31. The molecule has 0 amide bonds. The molecule has 1 fully saturated rings. The van der Waals surface area contributed by atoms with Gasteiger partial charge in [0.2, 0.25) is 10.0 Å². The van der Waals surface area contributed by atoms with Gasteiger partial charge < -0.3 is 0 Å². The van der Waals surface area contributed by atoms with E-state index in [4.69, 9.17) is 5.14 Å².